The number of hydrogen-bond acceptors (Lipinski definition) is 2. The number of alkyl halides is 1. The lowest BCUT2D eigenvalue weighted by Crippen LogP contribution is -2.38. The van der Waals surface area contributed by atoms with Crippen molar-refractivity contribution in [1.29, 1.82) is 0 Å². The molecule has 1 rings (SSSR count). The first-order valence-corrected chi connectivity index (χ1v) is 5.94. The number of halogens is 1. The van der Waals surface area contributed by atoms with Crippen molar-refractivity contribution in [3.63, 3.8) is 0 Å². The zero-order valence-electron chi connectivity index (χ0n) is 8.46. The fourth-order valence-corrected chi connectivity index (χ4v) is 2.13. The molecule has 14 heavy (non-hydrogen) atoms. The summed E-state index contributed by atoms with van der Waals surface area (Å²) in [5.41, 5.74) is 0. The van der Waals surface area contributed by atoms with Gasteiger partial charge in [-0.1, -0.05) is 22.5 Å². The maximum absolute atomic E-state index is 11.4. The Balaban J connectivity index is 2.34. The first-order valence-electron chi connectivity index (χ1n) is 4.81. The van der Waals surface area contributed by atoms with Crippen LogP contribution in [0.15, 0.2) is 12.3 Å². The van der Waals surface area contributed by atoms with Crippen molar-refractivity contribution in [2.24, 2.45) is 5.92 Å². The Kier molecular flexibility index (Phi) is 4.45. The lowest BCUT2D eigenvalue weighted by atomic mass is 10.00. The molecule has 1 fully saturated rings. The lowest BCUT2D eigenvalue weighted by Gasteiger charge is -2.30. The van der Waals surface area contributed by atoms with Gasteiger partial charge in [-0.15, -0.1) is 0 Å². The van der Waals surface area contributed by atoms with Gasteiger partial charge in [-0.3, -0.25) is 0 Å². The summed E-state index contributed by atoms with van der Waals surface area (Å²) < 4.78 is 4.94. The number of piperidine rings is 1. The van der Waals surface area contributed by atoms with E-state index in [2.05, 4.69) is 22.5 Å². The molecule has 0 radical (unpaired) electrons. The number of ether oxygens (including phenoxy) is 1. The molecule has 0 unspecified atom stereocenters. The molecular formula is C10H16BrNO2. The number of nitrogens with zero attached hydrogens (tertiary/aromatic N) is 1. The Morgan fingerprint density at radius 1 is 1.57 bits per heavy atom. The topological polar surface area (TPSA) is 29.5 Å². The van der Waals surface area contributed by atoms with Crippen LogP contribution >= 0.6 is 15.9 Å². The average molecular weight is 262 g/mol. The number of amides is 1. The minimum Gasteiger partial charge on any atom is -0.416 e. The summed E-state index contributed by atoms with van der Waals surface area (Å²) in [4.78, 5) is 13.2. The standard InChI is InChI=1S/C10H16BrNO2/c1-8(2)14-10(13)12-5-3-9(7-11)4-6-12/h9H,1,3-7H2,2H3. The first kappa shape index (κ1) is 11.6. The van der Waals surface area contributed by atoms with Gasteiger partial charge >= 0.3 is 6.09 Å². The molecule has 0 spiro atoms. The molecule has 1 aliphatic heterocycles. The molecule has 4 heteroatoms. The number of carbonyl (C=O) groups excluding carboxylic acids is 1. The van der Waals surface area contributed by atoms with Crippen molar-refractivity contribution >= 4 is 22.0 Å². The van der Waals surface area contributed by atoms with Crippen LogP contribution in [0.4, 0.5) is 4.79 Å². The lowest BCUT2D eigenvalue weighted by molar-refractivity contribution is 0.113. The molecule has 1 saturated heterocycles. The van der Waals surface area contributed by atoms with Gasteiger partial charge in [-0.2, -0.15) is 0 Å². The van der Waals surface area contributed by atoms with Crippen molar-refractivity contribution in [3.05, 3.63) is 12.3 Å². The van der Waals surface area contributed by atoms with E-state index in [0.29, 0.717) is 11.7 Å². The predicted molar refractivity (Wildman–Crippen MR) is 59.4 cm³/mol. The van der Waals surface area contributed by atoms with Crippen LogP contribution in [-0.2, 0) is 4.74 Å². The van der Waals surface area contributed by atoms with Gasteiger partial charge in [0.15, 0.2) is 0 Å². The van der Waals surface area contributed by atoms with Gasteiger partial charge < -0.3 is 9.64 Å². The highest BCUT2D eigenvalue weighted by molar-refractivity contribution is 9.09. The summed E-state index contributed by atoms with van der Waals surface area (Å²) in [6.45, 7) is 6.82. The van der Waals surface area contributed by atoms with Crippen molar-refractivity contribution in [3.8, 4) is 0 Å². The van der Waals surface area contributed by atoms with Crippen LogP contribution in [0.5, 0.6) is 0 Å². The number of carbonyl (C=O) groups is 1. The summed E-state index contributed by atoms with van der Waals surface area (Å²) in [5, 5.41) is 1.02. The van der Waals surface area contributed by atoms with Gasteiger partial charge in [-0.05, 0) is 25.7 Å². The summed E-state index contributed by atoms with van der Waals surface area (Å²) in [5.74, 6) is 1.15. The van der Waals surface area contributed by atoms with Crippen LogP contribution in [0.3, 0.4) is 0 Å². The third kappa shape index (κ3) is 3.33. The summed E-state index contributed by atoms with van der Waals surface area (Å²) in [6, 6.07) is 0. The summed E-state index contributed by atoms with van der Waals surface area (Å²) in [7, 11) is 0. The predicted octanol–water partition coefficient (Wildman–Crippen LogP) is 2.76. The van der Waals surface area contributed by atoms with E-state index in [1.54, 1.807) is 11.8 Å². The molecule has 3 nitrogen and oxygen atoms in total. The van der Waals surface area contributed by atoms with E-state index in [1.807, 2.05) is 0 Å². The molecule has 1 heterocycles. The highest BCUT2D eigenvalue weighted by atomic mass is 79.9. The van der Waals surface area contributed by atoms with E-state index < -0.39 is 0 Å². The fraction of sp³-hybridized carbons (Fsp3) is 0.700. The second kappa shape index (κ2) is 5.39. The molecule has 0 N–H and O–H groups in total. The van der Waals surface area contributed by atoms with Gasteiger partial charge in [0.1, 0.15) is 0 Å². The third-order valence-corrected chi connectivity index (χ3v) is 3.27. The van der Waals surface area contributed by atoms with Crippen LogP contribution in [-0.4, -0.2) is 29.4 Å². The van der Waals surface area contributed by atoms with E-state index in [-0.39, 0.29) is 6.09 Å². The first-order chi connectivity index (χ1) is 6.63. The number of allylic oxidation sites excluding steroid dienone is 1. The number of likely N-dealkylation sites (tertiary alicyclic amines) is 1. The highest BCUT2D eigenvalue weighted by Gasteiger charge is 2.22. The quantitative estimate of drug-likeness (QED) is 0.565. The number of hydrogen-bond donors (Lipinski definition) is 0. The molecule has 0 aliphatic carbocycles. The average Bonchev–Trinajstić information content (AvgIpc) is 2.17. The summed E-state index contributed by atoms with van der Waals surface area (Å²) >= 11 is 3.46. The van der Waals surface area contributed by atoms with Gasteiger partial charge in [0.25, 0.3) is 0 Å². The fourth-order valence-electron chi connectivity index (χ4n) is 1.48. The van der Waals surface area contributed by atoms with E-state index in [9.17, 15) is 4.79 Å². The maximum atomic E-state index is 11.4. The molecule has 0 bridgehead atoms. The smallest absolute Gasteiger partial charge is 0.414 e. The van der Waals surface area contributed by atoms with Crippen molar-refractivity contribution in [2.75, 3.05) is 18.4 Å². The SMILES string of the molecule is C=C(C)OC(=O)N1CCC(CBr)CC1. The molecule has 0 aromatic rings. The molecule has 1 aliphatic rings. The van der Waals surface area contributed by atoms with Gasteiger partial charge in [-0.25, -0.2) is 4.79 Å². The van der Waals surface area contributed by atoms with Crippen LogP contribution in [0.2, 0.25) is 0 Å². The Morgan fingerprint density at radius 2 is 2.14 bits per heavy atom. The van der Waals surface area contributed by atoms with Gasteiger partial charge in [0.05, 0.1) is 5.76 Å². The van der Waals surface area contributed by atoms with Crippen molar-refractivity contribution < 1.29 is 9.53 Å². The van der Waals surface area contributed by atoms with Crippen LogP contribution in [0.1, 0.15) is 19.8 Å². The van der Waals surface area contributed by atoms with Gasteiger partial charge in [0.2, 0.25) is 0 Å². The Bertz CT molecular complexity index is 222. The Labute approximate surface area is 93.2 Å². The largest absolute Gasteiger partial charge is 0.416 e. The van der Waals surface area contributed by atoms with Crippen LogP contribution in [0, 0.1) is 5.92 Å². The molecule has 0 atom stereocenters. The Morgan fingerprint density at radius 3 is 2.57 bits per heavy atom. The Hall–Kier alpha value is -0.510. The molecular weight excluding hydrogens is 246 g/mol. The monoisotopic (exact) mass is 261 g/mol. The highest BCUT2D eigenvalue weighted by Crippen LogP contribution is 2.19. The molecule has 0 aromatic heterocycles. The zero-order chi connectivity index (χ0) is 10.6. The number of rotatable bonds is 2. The maximum Gasteiger partial charge on any atom is 0.414 e. The van der Waals surface area contributed by atoms with Crippen molar-refractivity contribution in [2.45, 2.75) is 19.8 Å². The third-order valence-electron chi connectivity index (χ3n) is 2.35. The minimum atomic E-state index is -0.259. The minimum absolute atomic E-state index is 0.259. The molecule has 0 saturated carbocycles. The van der Waals surface area contributed by atoms with Gasteiger partial charge in [0, 0.05) is 18.4 Å². The summed E-state index contributed by atoms with van der Waals surface area (Å²) in [6.07, 6.45) is 1.85. The van der Waals surface area contributed by atoms with E-state index in [1.165, 1.54) is 0 Å². The van der Waals surface area contributed by atoms with Crippen LogP contribution in [0.25, 0.3) is 0 Å². The second-order valence-electron chi connectivity index (χ2n) is 3.65. The van der Waals surface area contributed by atoms with E-state index in [4.69, 9.17) is 4.74 Å². The van der Waals surface area contributed by atoms with Crippen LogP contribution < -0.4 is 0 Å². The van der Waals surface area contributed by atoms with E-state index in [0.717, 1.165) is 31.3 Å². The normalized spacial score (nSPS) is 18.0. The molecule has 0 aromatic carbocycles. The second-order valence-corrected chi connectivity index (χ2v) is 4.30. The zero-order valence-corrected chi connectivity index (χ0v) is 10.0. The van der Waals surface area contributed by atoms with Crippen molar-refractivity contribution in [1.82, 2.24) is 4.90 Å². The van der Waals surface area contributed by atoms with E-state index >= 15 is 0 Å². The molecule has 1 amide bonds. The molecule has 80 valence electrons.